The second-order valence-electron chi connectivity index (χ2n) is 6.92. The molecule has 0 aliphatic rings. The van der Waals surface area contributed by atoms with Crippen LogP contribution in [0.15, 0.2) is 72.9 Å². The van der Waals surface area contributed by atoms with Crippen LogP contribution >= 0.6 is 23.2 Å². The first kappa shape index (κ1) is 19.8. The fraction of sp³-hybridized carbons (Fsp3) is 0.167. The van der Waals surface area contributed by atoms with Crippen LogP contribution in [0.25, 0.3) is 10.9 Å². The quantitative estimate of drug-likeness (QED) is 0.376. The molecule has 0 fully saturated rings. The highest BCUT2D eigenvalue weighted by Gasteiger charge is 2.12. The summed E-state index contributed by atoms with van der Waals surface area (Å²) < 4.78 is 7.65. The molecule has 0 saturated heterocycles. The summed E-state index contributed by atoms with van der Waals surface area (Å²) in [6.45, 7) is 2.12. The van der Waals surface area contributed by atoms with E-state index in [4.69, 9.17) is 27.9 Å². The number of aromatic nitrogens is 1. The number of halogens is 2. The maximum atomic E-state index is 6.40. The lowest BCUT2D eigenvalue weighted by Gasteiger charge is -2.09. The number of hydrogen-bond donors (Lipinski definition) is 1. The highest BCUT2D eigenvalue weighted by atomic mass is 35.5. The molecule has 0 aliphatic carbocycles. The first-order valence-corrected chi connectivity index (χ1v) is 10.2. The SMILES string of the molecule is COc1ccccc1CNCc1cn(Cc2c(Cl)cccc2Cl)c2ccccc12. The van der Waals surface area contributed by atoms with Gasteiger partial charge in [-0.2, -0.15) is 0 Å². The fourth-order valence-corrected chi connectivity index (χ4v) is 4.15. The lowest BCUT2D eigenvalue weighted by molar-refractivity contribution is 0.407. The van der Waals surface area contributed by atoms with E-state index < -0.39 is 0 Å². The molecule has 1 N–H and O–H groups in total. The summed E-state index contributed by atoms with van der Waals surface area (Å²) in [5, 5.41) is 6.14. The third-order valence-electron chi connectivity index (χ3n) is 5.08. The van der Waals surface area contributed by atoms with Crippen LogP contribution in [0.3, 0.4) is 0 Å². The minimum Gasteiger partial charge on any atom is -0.496 e. The number of fused-ring (bicyclic) bond motifs is 1. The molecule has 148 valence electrons. The smallest absolute Gasteiger partial charge is 0.123 e. The topological polar surface area (TPSA) is 26.2 Å². The van der Waals surface area contributed by atoms with Crippen LogP contribution in [0.1, 0.15) is 16.7 Å². The van der Waals surface area contributed by atoms with Gasteiger partial charge in [-0.3, -0.25) is 0 Å². The van der Waals surface area contributed by atoms with E-state index in [9.17, 15) is 0 Å². The van der Waals surface area contributed by atoms with Crippen molar-refractivity contribution in [2.45, 2.75) is 19.6 Å². The summed E-state index contributed by atoms with van der Waals surface area (Å²) in [5.74, 6) is 0.899. The molecule has 0 amide bonds. The predicted molar refractivity (Wildman–Crippen MR) is 121 cm³/mol. The second kappa shape index (κ2) is 8.91. The van der Waals surface area contributed by atoms with Gasteiger partial charge in [-0.15, -0.1) is 0 Å². The van der Waals surface area contributed by atoms with Gasteiger partial charge in [-0.05, 0) is 29.8 Å². The third kappa shape index (κ3) is 4.27. The number of nitrogens with zero attached hydrogens (tertiary/aromatic N) is 1. The maximum Gasteiger partial charge on any atom is 0.123 e. The van der Waals surface area contributed by atoms with E-state index in [2.05, 4.69) is 46.4 Å². The number of benzene rings is 3. The fourth-order valence-electron chi connectivity index (χ4n) is 3.63. The van der Waals surface area contributed by atoms with E-state index in [1.165, 1.54) is 10.9 Å². The van der Waals surface area contributed by atoms with Crippen molar-refractivity contribution in [2.75, 3.05) is 7.11 Å². The van der Waals surface area contributed by atoms with Gasteiger partial charge in [0.2, 0.25) is 0 Å². The molecule has 1 aromatic heterocycles. The molecule has 29 heavy (non-hydrogen) atoms. The summed E-state index contributed by atoms with van der Waals surface area (Å²) in [7, 11) is 1.70. The van der Waals surface area contributed by atoms with E-state index in [1.54, 1.807) is 7.11 Å². The van der Waals surface area contributed by atoms with E-state index in [0.29, 0.717) is 16.6 Å². The van der Waals surface area contributed by atoms with Gasteiger partial charge >= 0.3 is 0 Å². The highest BCUT2D eigenvalue weighted by Crippen LogP contribution is 2.28. The Morgan fingerprint density at radius 1 is 0.828 bits per heavy atom. The van der Waals surface area contributed by atoms with Gasteiger partial charge in [-0.25, -0.2) is 0 Å². The molecule has 0 spiro atoms. The average Bonchev–Trinajstić information content (AvgIpc) is 3.09. The monoisotopic (exact) mass is 424 g/mol. The second-order valence-corrected chi connectivity index (χ2v) is 7.73. The maximum absolute atomic E-state index is 6.40. The molecular weight excluding hydrogens is 403 g/mol. The first-order valence-electron chi connectivity index (χ1n) is 9.49. The third-order valence-corrected chi connectivity index (χ3v) is 5.79. The van der Waals surface area contributed by atoms with Gasteiger partial charge in [-0.1, -0.05) is 65.7 Å². The van der Waals surface area contributed by atoms with Crippen molar-refractivity contribution in [3.8, 4) is 5.75 Å². The Morgan fingerprint density at radius 3 is 2.31 bits per heavy atom. The molecule has 0 bridgehead atoms. The lowest BCUT2D eigenvalue weighted by Crippen LogP contribution is -2.13. The molecule has 1 heterocycles. The van der Waals surface area contributed by atoms with Crippen molar-refractivity contribution in [2.24, 2.45) is 0 Å². The van der Waals surface area contributed by atoms with Crippen LogP contribution in [0.2, 0.25) is 10.0 Å². The minimum atomic E-state index is 0.630. The van der Waals surface area contributed by atoms with Gasteiger partial charge in [0.25, 0.3) is 0 Å². The van der Waals surface area contributed by atoms with Crippen molar-refractivity contribution >= 4 is 34.1 Å². The molecule has 0 atom stereocenters. The number of rotatable bonds is 7. The van der Waals surface area contributed by atoms with Gasteiger partial charge in [0.1, 0.15) is 5.75 Å². The van der Waals surface area contributed by atoms with Crippen LogP contribution in [-0.4, -0.2) is 11.7 Å². The normalized spacial score (nSPS) is 11.1. The molecule has 4 rings (SSSR count). The molecule has 5 heteroatoms. The number of para-hydroxylation sites is 2. The Hall–Kier alpha value is -2.46. The first-order chi connectivity index (χ1) is 14.2. The molecular formula is C24H22Cl2N2O. The van der Waals surface area contributed by atoms with Crippen LogP contribution in [0.5, 0.6) is 5.75 Å². The minimum absolute atomic E-state index is 0.630. The average molecular weight is 425 g/mol. The number of hydrogen-bond acceptors (Lipinski definition) is 2. The van der Waals surface area contributed by atoms with Crippen molar-refractivity contribution in [3.05, 3.63) is 99.7 Å². The van der Waals surface area contributed by atoms with Crippen molar-refractivity contribution in [3.63, 3.8) is 0 Å². The zero-order valence-corrected chi connectivity index (χ0v) is 17.7. The summed E-state index contributed by atoms with van der Waals surface area (Å²) in [6.07, 6.45) is 2.18. The summed E-state index contributed by atoms with van der Waals surface area (Å²) in [4.78, 5) is 0. The largest absolute Gasteiger partial charge is 0.496 e. The molecule has 3 aromatic carbocycles. The Morgan fingerprint density at radius 2 is 1.52 bits per heavy atom. The summed E-state index contributed by atoms with van der Waals surface area (Å²) in [5.41, 5.74) is 4.47. The van der Waals surface area contributed by atoms with Crippen molar-refractivity contribution < 1.29 is 4.74 Å². The van der Waals surface area contributed by atoms with E-state index in [-0.39, 0.29) is 0 Å². The van der Waals surface area contributed by atoms with E-state index in [1.807, 2.05) is 36.4 Å². The number of ether oxygens (including phenoxy) is 1. The van der Waals surface area contributed by atoms with Crippen LogP contribution in [-0.2, 0) is 19.6 Å². The Balaban J connectivity index is 1.58. The van der Waals surface area contributed by atoms with Crippen LogP contribution < -0.4 is 10.1 Å². The molecule has 0 aliphatic heterocycles. The van der Waals surface area contributed by atoms with Gasteiger partial charge in [0.15, 0.2) is 0 Å². The molecule has 4 aromatic rings. The van der Waals surface area contributed by atoms with Crippen LogP contribution in [0.4, 0.5) is 0 Å². The highest BCUT2D eigenvalue weighted by molar-refractivity contribution is 6.36. The predicted octanol–water partition coefficient (Wildman–Crippen LogP) is 6.29. The summed E-state index contributed by atoms with van der Waals surface area (Å²) in [6, 6.07) is 22.1. The molecule has 0 unspecified atom stereocenters. The van der Waals surface area contributed by atoms with E-state index in [0.717, 1.165) is 35.5 Å². The number of methoxy groups -OCH3 is 1. The van der Waals surface area contributed by atoms with Crippen molar-refractivity contribution in [1.29, 1.82) is 0 Å². The lowest BCUT2D eigenvalue weighted by atomic mass is 10.1. The summed E-state index contributed by atoms with van der Waals surface area (Å²) >= 11 is 12.8. The standard InChI is InChI=1S/C24H22Cl2N2O/c1-29-24-12-5-2-7-17(24)13-27-14-18-15-28(23-11-4-3-8-19(18)23)16-20-21(25)9-6-10-22(20)26/h2-12,15,27H,13-14,16H2,1H3. The Bertz CT molecular complexity index is 1120. The zero-order valence-electron chi connectivity index (χ0n) is 16.2. The molecule has 0 radical (unpaired) electrons. The zero-order chi connectivity index (χ0) is 20.2. The van der Waals surface area contributed by atoms with Gasteiger partial charge in [0.05, 0.1) is 13.7 Å². The van der Waals surface area contributed by atoms with Crippen LogP contribution in [0, 0.1) is 0 Å². The molecule has 3 nitrogen and oxygen atoms in total. The Kier molecular flexibility index (Phi) is 6.10. The van der Waals surface area contributed by atoms with Gasteiger partial charge in [0, 0.05) is 51.4 Å². The number of nitrogens with one attached hydrogen (secondary N) is 1. The Labute approximate surface area is 180 Å². The van der Waals surface area contributed by atoms with Crippen molar-refractivity contribution in [1.82, 2.24) is 9.88 Å². The van der Waals surface area contributed by atoms with Gasteiger partial charge < -0.3 is 14.6 Å². The van der Waals surface area contributed by atoms with E-state index >= 15 is 0 Å². The molecule has 0 saturated carbocycles.